The molecule has 2 aromatic rings. The summed E-state index contributed by atoms with van der Waals surface area (Å²) in [7, 11) is 0. The van der Waals surface area contributed by atoms with Gasteiger partial charge in [0.2, 0.25) is 0 Å². The quantitative estimate of drug-likeness (QED) is 0.516. The third-order valence-electron chi connectivity index (χ3n) is 1.51. The highest BCUT2D eigenvalue weighted by molar-refractivity contribution is 5.11. The van der Waals surface area contributed by atoms with Crippen LogP contribution >= 0.6 is 0 Å². The van der Waals surface area contributed by atoms with Gasteiger partial charge >= 0.3 is 0 Å². The molecule has 1 heterocycles. The molecule has 20 heavy (non-hydrogen) atoms. The van der Waals surface area contributed by atoms with E-state index in [2.05, 4.69) is 24.0 Å². The van der Waals surface area contributed by atoms with Gasteiger partial charge in [-0.2, -0.15) is 0 Å². The van der Waals surface area contributed by atoms with Crippen molar-refractivity contribution in [3.05, 3.63) is 66.5 Å². The predicted octanol–water partition coefficient (Wildman–Crippen LogP) is 6.79. The molecule has 1 aromatic carbocycles. The lowest BCUT2D eigenvalue weighted by Crippen LogP contribution is -1.62. The van der Waals surface area contributed by atoms with Crippen molar-refractivity contribution in [1.29, 1.82) is 0 Å². The molecule has 0 saturated carbocycles. The molecule has 0 unspecified atom stereocenters. The van der Waals surface area contributed by atoms with Crippen LogP contribution in [0.3, 0.4) is 0 Å². The Kier molecular flexibility index (Phi) is 40.8. The summed E-state index contributed by atoms with van der Waals surface area (Å²) >= 11 is 0. The predicted molar refractivity (Wildman–Crippen MR) is 96.2 cm³/mol. The van der Waals surface area contributed by atoms with Gasteiger partial charge < -0.3 is 0 Å². The number of pyridine rings is 1. The van der Waals surface area contributed by atoms with Crippen LogP contribution in [-0.4, -0.2) is 4.98 Å². The molecule has 1 aromatic heterocycles. The number of hydrogen-bond acceptors (Lipinski definition) is 1. The fraction of sp³-hybridized carbons (Fsp3) is 0.421. The van der Waals surface area contributed by atoms with Crippen LogP contribution in [0.5, 0.6) is 0 Å². The van der Waals surface area contributed by atoms with Crippen molar-refractivity contribution in [3.63, 3.8) is 0 Å². The highest BCUT2D eigenvalue weighted by Crippen LogP contribution is 1.92. The van der Waals surface area contributed by atoms with E-state index in [4.69, 9.17) is 0 Å². The Morgan fingerprint density at radius 2 is 0.950 bits per heavy atom. The van der Waals surface area contributed by atoms with Gasteiger partial charge in [-0.15, -0.1) is 0 Å². The number of hydrogen-bond donors (Lipinski definition) is 0. The van der Waals surface area contributed by atoms with Gasteiger partial charge in [0.25, 0.3) is 0 Å². The van der Waals surface area contributed by atoms with Gasteiger partial charge in [0, 0.05) is 12.4 Å². The third kappa shape index (κ3) is 25.3. The van der Waals surface area contributed by atoms with Crippen LogP contribution in [0, 0.1) is 6.92 Å². The summed E-state index contributed by atoms with van der Waals surface area (Å²) in [5, 5.41) is 0. The van der Waals surface area contributed by atoms with Gasteiger partial charge in [0.15, 0.2) is 0 Å². The molecule has 1 heteroatoms. The molecule has 0 bridgehead atoms. The summed E-state index contributed by atoms with van der Waals surface area (Å²) in [5.41, 5.74) is 1.32. The first-order chi connectivity index (χ1) is 9.39. The van der Waals surface area contributed by atoms with E-state index in [0.717, 1.165) is 0 Å². The van der Waals surface area contributed by atoms with E-state index in [1.165, 1.54) is 5.56 Å². The SMILES string of the molecule is C.CC.CC.CC.Cc1ccccc1.c1ccncc1. The van der Waals surface area contributed by atoms with Crippen LogP contribution in [0.15, 0.2) is 60.9 Å². The van der Waals surface area contributed by atoms with Crippen molar-refractivity contribution < 1.29 is 0 Å². The van der Waals surface area contributed by atoms with Gasteiger partial charge in [0.05, 0.1) is 0 Å². The third-order valence-corrected chi connectivity index (χ3v) is 1.51. The molecule has 1 nitrogen and oxygen atoms in total. The maximum atomic E-state index is 3.78. The molecule has 0 N–H and O–H groups in total. The molecule has 0 fully saturated rings. The molecule has 0 atom stereocenters. The molecule has 0 aliphatic rings. The van der Waals surface area contributed by atoms with E-state index in [0.29, 0.717) is 0 Å². The zero-order valence-corrected chi connectivity index (χ0v) is 13.7. The number of aromatic nitrogens is 1. The molecule has 0 aliphatic heterocycles. The molecule has 116 valence electrons. The van der Waals surface area contributed by atoms with Crippen molar-refractivity contribution in [2.24, 2.45) is 0 Å². The normalized spacial score (nSPS) is 6.35. The summed E-state index contributed by atoms with van der Waals surface area (Å²) in [6, 6.07) is 16.0. The van der Waals surface area contributed by atoms with Crippen molar-refractivity contribution in [3.8, 4) is 0 Å². The molecule has 2 rings (SSSR count). The molecular formula is C19H35N. The van der Waals surface area contributed by atoms with Crippen molar-refractivity contribution in [1.82, 2.24) is 4.98 Å². The Morgan fingerprint density at radius 3 is 1.10 bits per heavy atom. The zero-order valence-electron chi connectivity index (χ0n) is 13.7. The maximum Gasteiger partial charge on any atom is 0.0267 e. The topological polar surface area (TPSA) is 12.9 Å². The van der Waals surface area contributed by atoms with E-state index < -0.39 is 0 Å². The molecule has 0 saturated heterocycles. The number of rotatable bonds is 0. The lowest BCUT2D eigenvalue weighted by Gasteiger charge is -1.82. The monoisotopic (exact) mass is 277 g/mol. The van der Waals surface area contributed by atoms with Crippen LogP contribution in [0.25, 0.3) is 0 Å². The first-order valence-electron chi connectivity index (χ1n) is 7.26. The summed E-state index contributed by atoms with van der Waals surface area (Å²) in [6.45, 7) is 14.1. The minimum atomic E-state index is 0. The van der Waals surface area contributed by atoms with Gasteiger partial charge in [0.1, 0.15) is 0 Å². The number of nitrogens with zero attached hydrogens (tertiary/aromatic N) is 1. The minimum absolute atomic E-state index is 0. The summed E-state index contributed by atoms with van der Waals surface area (Å²) in [6.07, 6.45) is 3.50. The fourth-order valence-electron chi connectivity index (χ4n) is 0.847. The average Bonchev–Trinajstić information content (AvgIpc) is 2.56. The lowest BCUT2D eigenvalue weighted by atomic mass is 10.2. The average molecular weight is 277 g/mol. The highest BCUT2D eigenvalue weighted by atomic mass is 14.6. The van der Waals surface area contributed by atoms with Gasteiger partial charge in [-0.3, -0.25) is 4.98 Å². The zero-order chi connectivity index (χ0) is 15.4. The molecular weight excluding hydrogens is 242 g/mol. The molecule has 0 radical (unpaired) electrons. The van der Waals surface area contributed by atoms with Crippen LogP contribution in [0.1, 0.15) is 54.5 Å². The first kappa shape index (κ1) is 26.8. The van der Waals surface area contributed by atoms with Crippen molar-refractivity contribution in [2.45, 2.75) is 55.9 Å². The number of aryl methyl sites for hydroxylation is 1. The lowest BCUT2D eigenvalue weighted by molar-refractivity contribution is 1.33. The summed E-state index contributed by atoms with van der Waals surface area (Å²) < 4.78 is 0. The van der Waals surface area contributed by atoms with Crippen LogP contribution in [0.2, 0.25) is 0 Å². The van der Waals surface area contributed by atoms with Crippen molar-refractivity contribution >= 4 is 0 Å². The minimum Gasteiger partial charge on any atom is -0.265 e. The van der Waals surface area contributed by atoms with E-state index in [-0.39, 0.29) is 7.43 Å². The van der Waals surface area contributed by atoms with Crippen LogP contribution < -0.4 is 0 Å². The largest absolute Gasteiger partial charge is 0.265 e. The second-order valence-corrected chi connectivity index (χ2v) is 2.68. The first-order valence-corrected chi connectivity index (χ1v) is 7.26. The standard InChI is InChI=1S/C7H8.C5H5N.3C2H6.CH4/c1-7-5-3-2-4-6-7;1-2-4-6-5-3-1;3*1-2;/h2-6H,1H3;1-5H;3*1-2H3;1H4. The molecule has 0 aliphatic carbocycles. The molecule has 0 amide bonds. The van der Waals surface area contributed by atoms with Crippen molar-refractivity contribution in [2.75, 3.05) is 0 Å². The Morgan fingerprint density at radius 1 is 0.600 bits per heavy atom. The van der Waals surface area contributed by atoms with Gasteiger partial charge in [-0.25, -0.2) is 0 Å². The van der Waals surface area contributed by atoms with Gasteiger partial charge in [-0.1, -0.05) is 90.9 Å². The van der Waals surface area contributed by atoms with E-state index in [1.54, 1.807) is 12.4 Å². The second-order valence-electron chi connectivity index (χ2n) is 2.68. The Labute approximate surface area is 128 Å². The van der Waals surface area contributed by atoms with Crippen LogP contribution in [-0.2, 0) is 0 Å². The van der Waals surface area contributed by atoms with Crippen LogP contribution in [0.4, 0.5) is 0 Å². The number of benzene rings is 1. The Hall–Kier alpha value is -1.63. The second kappa shape index (κ2) is 30.4. The van der Waals surface area contributed by atoms with E-state index in [9.17, 15) is 0 Å². The molecule has 0 spiro atoms. The highest BCUT2D eigenvalue weighted by Gasteiger charge is 1.72. The Bertz CT molecular complexity index is 276. The Balaban J connectivity index is -0.0000000907. The summed E-state index contributed by atoms with van der Waals surface area (Å²) in [4.78, 5) is 3.78. The van der Waals surface area contributed by atoms with Gasteiger partial charge in [-0.05, 0) is 19.1 Å². The summed E-state index contributed by atoms with van der Waals surface area (Å²) in [5.74, 6) is 0. The fourth-order valence-corrected chi connectivity index (χ4v) is 0.847. The van der Waals surface area contributed by atoms with E-state index >= 15 is 0 Å². The van der Waals surface area contributed by atoms with E-state index in [1.807, 2.05) is 77.9 Å². The maximum absolute atomic E-state index is 3.78. The smallest absolute Gasteiger partial charge is 0.0267 e.